The van der Waals surface area contributed by atoms with Gasteiger partial charge >= 0.3 is 6.18 Å². The van der Waals surface area contributed by atoms with E-state index in [4.69, 9.17) is 5.73 Å². The SMILES string of the molecule is Cc1cc(C(F)F)c(N)c(C(F)(F)F)n1. The molecule has 0 fully saturated rings. The Balaban J connectivity index is 3.42. The summed E-state index contributed by atoms with van der Waals surface area (Å²) >= 11 is 0. The number of aryl methyl sites for hydroxylation is 1. The second-order valence-corrected chi connectivity index (χ2v) is 2.91. The van der Waals surface area contributed by atoms with Crippen molar-refractivity contribution in [2.45, 2.75) is 19.5 Å². The van der Waals surface area contributed by atoms with Gasteiger partial charge in [0.1, 0.15) is 0 Å². The fourth-order valence-electron chi connectivity index (χ4n) is 1.10. The normalized spacial score (nSPS) is 12.2. The van der Waals surface area contributed by atoms with Crippen molar-refractivity contribution in [1.29, 1.82) is 0 Å². The van der Waals surface area contributed by atoms with Gasteiger partial charge in [0.25, 0.3) is 6.43 Å². The zero-order valence-electron chi connectivity index (χ0n) is 7.57. The monoisotopic (exact) mass is 226 g/mol. The van der Waals surface area contributed by atoms with Crippen molar-refractivity contribution in [3.05, 3.63) is 23.0 Å². The Morgan fingerprint density at radius 2 is 1.87 bits per heavy atom. The number of nitrogen functional groups attached to an aromatic ring is 1. The molecule has 84 valence electrons. The molecule has 1 aromatic heterocycles. The minimum atomic E-state index is -4.82. The van der Waals surface area contributed by atoms with Crippen LogP contribution in [0.2, 0.25) is 0 Å². The topological polar surface area (TPSA) is 38.9 Å². The van der Waals surface area contributed by atoms with Gasteiger partial charge in [-0.05, 0) is 13.0 Å². The van der Waals surface area contributed by atoms with Crippen molar-refractivity contribution in [1.82, 2.24) is 4.98 Å². The lowest BCUT2D eigenvalue weighted by atomic mass is 10.1. The Morgan fingerprint density at radius 3 is 2.27 bits per heavy atom. The summed E-state index contributed by atoms with van der Waals surface area (Å²) in [7, 11) is 0. The average Bonchev–Trinajstić information content (AvgIpc) is 2.06. The standard InChI is InChI=1S/C8H7F5N2/c1-3-2-4(7(9)10)5(14)6(15-3)8(11,12)13/h2,7H,14H2,1H3. The second-order valence-electron chi connectivity index (χ2n) is 2.91. The smallest absolute Gasteiger partial charge is 0.397 e. The molecule has 0 aliphatic heterocycles. The second kappa shape index (κ2) is 3.63. The third kappa shape index (κ3) is 2.34. The molecule has 0 aliphatic rings. The van der Waals surface area contributed by atoms with E-state index >= 15 is 0 Å². The van der Waals surface area contributed by atoms with Crippen molar-refractivity contribution in [3.63, 3.8) is 0 Å². The Labute approximate surface area is 81.9 Å². The summed E-state index contributed by atoms with van der Waals surface area (Å²) in [5, 5.41) is 0. The van der Waals surface area contributed by atoms with Gasteiger partial charge in [0.2, 0.25) is 0 Å². The van der Waals surface area contributed by atoms with Crippen molar-refractivity contribution in [2.24, 2.45) is 0 Å². The number of pyridine rings is 1. The van der Waals surface area contributed by atoms with Gasteiger partial charge in [-0.2, -0.15) is 13.2 Å². The van der Waals surface area contributed by atoms with Gasteiger partial charge in [0, 0.05) is 11.3 Å². The number of halogens is 5. The molecule has 0 aromatic carbocycles. The molecule has 0 unspecified atom stereocenters. The maximum atomic E-state index is 12.3. The van der Waals surface area contributed by atoms with E-state index in [1.165, 1.54) is 6.92 Å². The van der Waals surface area contributed by atoms with Gasteiger partial charge in [0.05, 0.1) is 5.69 Å². The van der Waals surface area contributed by atoms with Gasteiger partial charge in [-0.3, -0.25) is 0 Å². The molecule has 0 atom stereocenters. The molecule has 0 amide bonds. The van der Waals surface area contributed by atoms with Crippen molar-refractivity contribution in [2.75, 3.05) is 5.73 Å². The zero-order valence-corrected chi connectivity index (χ0v) is 7.57. The highest BCUT2D eigenvalue weighted by Gasteiger charge is 2.37. The Bertz CT molecular complexity index is 372. The van der Waals surface area contributed by atoms with Crippen molar-refractivity contribution in [3.8, 4) is 0 Å². The van der Waals surface area contributed by atoms with Crippen LogP contribution in [0.15, 0.2) is 6.07 Å². The molecule has 2 N–H and O–H groups in total. The third-order valence-electron chi connectivity index (χ3n) is 1.72. The molecule has 1 aromatic rings. The molecule has 7 heteroatoms. The number of aromatic nitrogens is 1. The van der Waals surface area contributed by atoms with Crippen molar-refractivity contribution < 1.29 is 22.0 Å². The first-order valence-corrected chi connectivity index (χ1v) is 3.86. The van der Waals surface area contributed by atoms with Crippen LogP contribution in [0.3, 0.4) is 0 Å². The van der Waals surface area contributed by atoms with Crippen LogP contribution in [0.1, 0.15) is 23.4 Å². The molecule has 0 bridgehead atoms. The minimum Gasteiger partial charge on any atom is -0.397 e. The molecule has 0 saturated heterocycles. The molecule has 0 aliphatic carbocycles. The van der Waals surface area contributed by atoms with Crippen LogP contribution in [-0.2, 0) is 6.18 Å². The highest BCUT2D eigenvalue weighted by molar-refractivity contribution is 5.53. The number of anilines is 1. The molecular formula is C8H7F5N2. The van der Waals surface area contributed by atoms with E-state index in [2.05, 4.69) is 4.98 Å². The lowest BCUT2D eigenvalue weighted by Gasteiger charge is -2.13. The van der Waals surface area contributed by atoms with E-state index in [1.54, 1.807) is 0 Å². The maximum Gasteiger partial charge on any atom is 0.435 e. The number of nitrogens with zero attached hydrogens (tertiary/aromatic N) is 1. The zero-order chi connectivity index (χ0) is 11.8. The van der Waals surface area contributed by atoms with E-state index in [-0.39, 0.29) is 5.69 Å². The van der Waals surface area contributed by atoms with Gasteiger partial charge in [0.15, 0.2) is 5.69 Å². The molecule has 2 nitrogen and oxygen atoms in total. The predicted octanol–water partition coefficient (Wildman–Crippen LogP) is 2.93. The number of rotatable bonds is 1. The highest BCUT2D eigenvalue weighted by Crippen LogP contribution is 2.36. The first-order chi connectivity index (χ1) is 6.73. The fourth-order valence-corrected chi connectivity index (χ4v) is 1.10. The molecular weight excluding hydrogens is 219 g/mol. The number of hydrogen-bond acceptors (Lipinski definition) is 2. The highest BCUT2D eigenvalue weighted by atomic mass is 19.4. The van der Waals surface area contributed by atoms with Crippen LogP contribution < -0.4 is 5.73 Å². The number of alkyl halides is 5. The maximum absolute atomic E-state index is 12.3. The van der Waals surface area contributed by atoms with Gasteiger partial charge in [-0.25, -0.2) is 13.8 Å². The third-order valence-corrected chi connectivity index (χ3v) is 1.72. The molecule has 0 saturated carbocycles. The average molecular weight is 226 g/mol. The number of hydrogen-bond donors (Lipinski definition) is 1. The Morgan fingerprint density at radius 1 is 1.33 bits per heavy atom. The largest absolute Gasteiger partial charge is 0.435 e. The molecule has 1 rings (SSSR count). The summed E-state index contributed by atoms with van der Waals surface area (Å²) in [6, 6.07) is 0.842. The van der Waals surface area contributed by atoms with Crippen LogP contribution in [0.25, 0.3) is 0 Å². The van der Waals surface area contributed by atoms with Gasteiger partial charge in [-0.15, -0.1) is 0 Å². The van der Waals surface area contributed by atoms with E-state index in [1.807, 2.05) is 0 Å². The van der Waals surface area contributed by atoms with Crippen LogP contribution in [-0.4, -0.2) is 4.98 Å². The lowest BCUT2D eigenvalue weighted by Crippen LogP contribution is -2.14. The van der Waals surface area contributed by atoms with Gasteiger partial charge in [-0.1, -0.05) is 0 Å². The van der Waals surface area contributed by atoms with Crippen LogP contribution >= 0.6 is 0 Å². The summed E-state index contributed by atoms with van der Waals surface area (Å²) in [6.45, 7) is 1.20. The summed E-state index contributed by atoms with van der Waals surface area (Å²) < 4.78 is 61.5. The quantitative estimate of drug-likeness (QED) is 0.747. The van der Waals surface area contributed by atoms with Gasteiger partial charge < -0.3 is 5.73 Å². The molecule has 15 heavy (non-hydrogen) atoms. The predicted molar refractivity (Wildman–Crippen MR) is 43.3 cm³/mol. The van der Waals surface area contributed by atoms with Crippen LogP contribution in [0.5, 0.6) is 0 Å². The summed E-state index contributed by atoms with van der Waals surface area (Å²) in [5.74, 6) is 0. The van der Waals surface area contributed by atoms with E-state index in [0.29, 0.717) is 0 Å². The first kappa shape index (κ1) is 11.7. The van der Waals surface area contributed by atoms with Crippen LogP contribution in [0.4, 0.5) is 27.6 Å². The molecule has 1 heterocycles. The summed E-state index contributed by atoms with van der Waals surface area (Å²) in [6.07, 6.45) is -7.87. The molecule has 0 spiro atoms. The Hall–Kier alpha value is -1.40. The number of nitrogens with two attached hydrogens (primary N) is 1. The van der Waals surface area contributed by atoms with E-state index in [0.717, 1.165) is 6.07 Å². The first-order valence-electron chi connectivity index (χ1n) is 3.86. The van der Waals surface area contributed by atoms with E-state index in [9.17, 15) is 22.0 Å². The van der Waals surface area contributed by atoms with E-state index < -0.39 is 29.5 Å². The molecule has 0 radical (unpaired) electrons. The van der Waals surface area contributed by atoms with Crippen molar-refractivity contribution >= 4 is 5.69 Å². The minimum absolute atomic E-state index is 0.146. The lowest BCUT2D eigenvalue weighted by molar-refractivity contribution is -0.140. The summed E-state index contributed by atoms with van der Waals surface area (Å²) in [5.41, 5.74) is 1.52. The summed E-state index contributed by atoms with van der Waals surface area (Å²) in [4.78, 5) is 3.10. The van der Waals surface area contributed by atoms with Crippen LogP contribution in [0, 0.1) is 6.92 Å². The Kier molecular flexibility index (Phi) is 2.83. The fraction of sp³-hybridized carbons (Fsp3) is 0.375.